The second-order valence-electron chi connectivity index (χ2n) is 2.96. The second-order valence-corrected chi connectivity index (χ2v) is 2.96. The molecule has 0 amide bonds. The van der Waals surface area contributed by atoms with Crippen molar-refractivity contribution in [1.82, 2.24) is 5.06 Å². The Morgan fingerprint density at radius 1 is 1.57 bits per heavy atom. The Balaban J connectivity index is 2.65. The van der Waals surface area contributed by atoms with E-state index >= 15 is 0 Å². The standard InChI is InChI=1S/C7H10F3NO3/c1-11-5(7(8,9)10)3-4(14-11)6(12)13-2/h4-5H,3H2,1-2H3/t4-,5-/m0/s1. The van der Waals surface area contributed by atoms with Crippen LogP contribution in [0.15, 0.2) is 0 Å². The Kier molecular flexibility index (Phi) is 3.01. The van der Waals surface area contributed by atoms with Gasteiger partial charge in [0.15, 0.2) is 6.10 Å². The molecule has 14 heavy (non-hydrogen) atoms. The van der Waals surface area contributed by atoms with Gasteiger partial charge < -0.3 is 4.74 Å². The van der Waals surface area contributed by atoms with E-state index in [-0.39, 0.29) is 0 Å². The molecule has 1 fully saturated rings. The molecule has 7 heteroatoms. The molecule has 0 aliphatic carbocycles. The quantitative estimate of drug-likeness (QED) is 0.602. The highest BCUT2D eigenvalue weighted by atomic mass is 19.4. The van der Waals surface area contributed by atoms with Crippen LogP contribution in [0.4, 0.5) is 13.2 Å². The molecule has 1 rings (SSSR count). The molecule has 1 heterocycles. The summed E-state index contributed by atoms with van der Waals surface area (Å²) >= 11 is 0. The lowest BCUT2D eigenvalue weighted by Crippen LogP contribution is -2.37. The molecule has 0 spiro atoms. The van der Waals surface area contributed by atoms with Gasteiger partial charge in [0.2, 0.25) is 0 Å². The van der Waals surface area contributed by atoms with E-state index in [4.69, 9.17) is 4.84 Å². The average molecular weight is 213 g/mol. The van der Waals surface area contributed by atoms with Crippen LogP contribution in [0, 0.1) is 0 Å². The van der Waals surface area contributed by atoms with Gasteiger partial charge in [-0.25, -0.2) is 4.79 Å². The van der Waals surface area contributed by atoms with Crippen LogP contribution in [-0.2, 0) is 14.4 Å². The Hall–Kier alpha value is -0.820. The van der Waals surface area contributed by atoms with Gasteiger partial charge in [-0.2, -0.15) is 18.2 Å². The van der Waals surface area contributed by atoms with Crippen molar-refractivity contribution >= 4 is 5.97 Å². The molecule has 0 aromatic rings. The SMILES string of the molecule is COC(=O)[C@@H]1C[C@@H](C(F)(F)F)N(C)O1. The summed E-state index contributed by atoms with van der Waals surface area (Å²) in [6, 6.07) is -1.74. The van der Waals surface area contributed by atoms with Crippen LogP contribution in [0.25, 0.3) is 0 Å². The summed E-state index contributed by atoms with van der Waals surface area (Å²) in [5.41, 5.74) is 0. The van der Waals surface area contributed by atoms with Crippen molar-refractivity contribution in [2.45, 2.75) is 24.7 Å². The summed E-state index contributed by atoms with van der Waals surface area (Å²) < 4.78 is 41.1. The number of esters is 1. The molecule has 0 aromatic heterocycles. The number of methoxy groups -OCH3 is 1. The molecule has 0 radical (unpaired) electrons. The molecular weight excluding hydrogens is 203 g/mol. The molecule has 0 unspecified atom stereocenters. The van der Waals surface area contributed by atoms with Crippen LogP contribution in [-0.4, -0.2) is 43.5 Å². The number of hydrogen-bond donors (Lipinski definition) is 0. The monoisotopic (exact) mass is 213 g/mol. The lowest BCUT2D eigenvalue weighted by atomic mass is 10.1. The van der Waals surface area contributed by atoms with Crippen molar-refractivity contribution < 1.29 is 27.5 Å². The summed E-state index contributed by atoms with van der Waals surface area (Å²) in [4.78, 5) is 15.6. The maximum Gasteiger partial charge on any atom is 0.406 e. The summed E-state index contributed by atoms with van der Waals surface area (Å²) in [7, 11) is 2.24. The molecule has 0 bridgehead atoms. The Morgan fingerprint density at radius 3 is 2.50 bits per heavy atom. The summed E-state index contributed by atoms with van der Waals surface area (Å²) in [5.74, 6) is -0.788. The molecule has 2 atom stereocenters. The molecule has 1 aliphatic rings. The number of nitrogens with zero attached hydrogens (tertiary/aromatic N) is 1. The fourth-order valence-electron chi connectivity index (χ4n) is 1.28. The van der Waals surface area contributed by atoms with Crippen molar-refractivity contribution in [3.05, 3.63) is 0 Å². The highest BCUT2D eigenvalue weighted by Crippen LogP contribution is 2.33. The van der Waals surface area contributed by atoms with Crippen LogP contribution >= 0.6 is 0 Å². The van der Waals surface area contributed by atoms with Crippen LogP contribution < -0.4 is 0 Å². The van der Waals surface area contributed by atoms with Gasteiger partial charge in [0.1, 0.15) is 6.04 Å². The number of carbonyl (C=O) groups is 1. The number of hydrogen-bond acceptors (Lipinski definition) is 4. The maximum absolute atomic E-state index is 12.3. The first kappa shape index (κ1) is 11.3. The zero-order valence-corrected chi connectivity index (χ0v) is 7.67. The average Bonchev–Trinajstić information content (AvgIpc) is 2.45. The lowest BCUT2D eigenvalue weighted by Gasteiger charge is -2.19. The van der Waals surface area contributed by atoms with Gasteiger partial charge in [0.05, 0.1) is 7.11 Å². The molecule has 0 saturated carbocycles. The smallest absolute Gasteiger partial charge is 0.406 e. The Morgan fingerprint density at radius 2 is 2.14 bits per heavy atom. The van der Waals surface area contributed by atoms with Gasteiger partial charge in [0.25, 0.3) is 0 Å². The summed E-state index contributed by atoms with van der Waals surface area (Å²) in [6.07, 6.45) is -5.97. The van der Waals surface area contributed by atoms with Gasteiger partial charge >= 0.3 is 12.1 Å². The van der Waals surface area contributed by atoms with Crippen molar-refractivity contribution in [2.75, 3.05) is 14.2 Å². The van der Waals surface area contributed by atoms with Crippen molar-refractivity contribution in [1.29, 1.82) is 0 Å². The predicted octanol–water partition coefficient (Wildman–Crippen LogP) is 0.726. The van der Waals surface area contributed by atoms with Crippen LogP contribution in [0.2, 0.25) is 0 Å². The number of halogens is 3. The first-order valence-corrected chi connectivity index (χ1v) is 3.90. The number of carbonyl (C=O) groups excluding carboxylic acids is 1. The molecule has 0 aromatic carbocycles. The van der Waals surface area contributed by atoms with Gasteiger partial charge in [-0.05, 0) is 0 Å². The molecule has 82 valence electrons. The minimum absolute atomic E-state index is 0.424. The summed E-state index contributed by atoms with van der Waals surface area (Å²) in [5, 5.41) is 0.640. The van der Waals surface area contributed by atoms with E-state index in [0.717, 1.165) is 14.2 Å². The highest BCUT2D eigenvalue weighted by molar-refractivity contribution is 5.74. The van der Waals surface area contributed by atoms with E-state index in [1.165, 1.54) is 0 Å². The zero-order chi connectivity index (χ0) is 10.9. The number of ether oxygens (including phenoxy) is 1. The number of hydroxylamine groups is 2. The molecule has 1 aliphatic heterocycles. The van der Waals surface area contributed by atoms with E-state index in [2.05, 4.69) is 4.74 Å². The lowest BCUT2D eigenvalue weighted by molar-refractivity contribution is -0.233. The number of rotatable bonds is 1. The highest BCUT2D eigenvalue weighted by Gasteiger charge is 2.50. The van der Waals surface area contributed by atoms with E-state index in [1.807, 2.05) is 0 Å². The zero-order valence-electron chi connectivity index (χ0n) is 7.67. The third kappa shape index (κ3) is 2.16. The van der Waals surface area contributed by atoms with E-state index in [0.29, 0.717) is 5.06 Å². The Labute approximate surface area is 78.5 Å². The fourth-order valence-corrected chi connectivity index (χ4v) is 1.28. The third-order valence-electron chi connectivity index (χ3n) is 2.01. The van der Waals surface area contributed by atoms with Crippen molar-refractivity contribution in [3.8, 4) is 0 Å². The van der Waals surface area contributed by atoms with Crippen LogP contribution in [0.1, 0.15) is 6.42 Å². The van der Waals surface area contributed by atoms with Gasteiger partial charge in [0, 0.05) is 13.5 Å². The fraction of sp³-hybridized carbons (Fsp3) is 0.857. The topological polar surface area (TPSA) is 38.8 Å². The molecule has 0 N–H and O–H groups in total. The van der Waals surface area contributed by atoms with Gasteiger partial charge in [-0.3, -0.25) is 4.84 Å². The van der Waals surface area contributed by atoms with Crippen LogP contribution in [0.3, 0.4) is 0 Å². The van der Waals surface area contributed by atoms with E-state index in [1.54, 1.807) is 0 Å². The normalized spacial score (nSPS) is 29.2. The van der Waals surface area contributed by atoms with Crippen molar-refractivity contribution in [2.24, 2.45) is 0 Å². The van der Waals surface area contributed by atoms with Crippen LogP contribution in [0.5, 0.6) is 0 Å². The van der Waals surface area contributed by atoms with Gasteiger partial charge in [-0.1, -0.05) is 0 Å². The molecule has 4 nitrogen and oxygen atoms in total. The van der Waals surface area contributed by atoms with E-state index in [9.17, 15) is 18.0 Å². The second kappa shape index (κ2) is 3.74. The molecule has 1 saturated heterocycles. The maximum atomic E-state index is 12.3. The Bertz CT molecular complexity index is 231. The van der Waals surface area contributed by atoms with Gasteiger partial charge in [-0.15, -0.1) is 0 Å². The molecular formula is C7H10F3NO3. The largest absolute Gasteiger partial charge is 0.467 e. The van der Waals surface area contributed by atoms with E-state index < -0.39 is 30.7 Å². The minimum atomic E-state index is -4.39. The first-order valence-electron chi connectivity index (χ1n) is 3.90. The minimum Gasteiger partial charge on any atom is -0.467 e. The van der Waals surface area contributed by atoms with Crippen molar-refractivity contribution in [3.63, 3.8) is 0 Å². The summed E-state index contributed by atoms with van der Waals surface area (Å²) in [6.45, 7) is 0. The third-order valence-corrected chi connectivity index (χ3v) is 2.01. The first-order chi connectivity index (χ1) is 6.36. The predicted molar refractivity (Wildman–Crippen MR) is 39.1 cm³/mol. The number of alkyl halides is 3.